The van der Waals surface area contributed by atoms with Gasteiger partial charge >= 0.3 is 0 Å². The van der Waals surface area contributed by atoms with Crippen molar-refractivity contribution in [1.82, 2.24) is 29.8 Å². The zero-order valence-corrected chi connectivity index (χ0v) is 21.1. The number of anilines is 2. The molecular formula is C20H18BrClN8O3S. The van der Waals surface area contributed by atoms with E-state index in [-0.39, 0.29) is 21.6 Å². The molecule has 11 nitrogen and oxygen atoms in total. The predicted octanol–water partition coefficient (Wildman–Crippen LogP) is 3.46. The van der Waals surface area contributed by atoms with Crippen LogP contribution in [0.5, 0.6) is 0 Å². The highest BCUT2D eigenvalue weighted by Crippen LogP contribution is 2.20. The lowest BCUT2D eigenvalue weighted by Gasteiger charge is -2.08. The molecule has 34 heavy (non-hydrogen) atoms. The monoisotopic (exact) mass is 564 g/mol. The summed E-state index contributed by atoms with van der Waals surface area (Å²) in [6.45, 7) is 4.18. The molecular weight excluding hydrogens is 548 g/mol. The zero-order valence-electron chi connectivity index (χ0n) is 17.9. The van der Waals surface area contributed by atoms with Gasteiger partial charge in [0.2, 0.25) is 0 Å². The van der Waals surface area contributed by atoms with Gasteiger partial charge in [-0.1, -0.05) is 11.6 Å². The maximum absolute atomic E-state index is 12.6. The Hall–Kier alpha value is -3.29. The fourth-order valence-electron chi connectivity index (χ4n) is 2.99. The van der Waals surface area contributed by atoms with Crippen molar-refractivity contribution in [3.63, 3.8) is 0 Å². The summed E-state index contributed by atoms with van der Waals surface area (Å²) in [4.78, 5) is 12.6. The standard InChI is InChI=1S/C20H18BrClN8O3S/c1-12-19(21)13(2)30(26-12)11-29-10-9-16(27-29)20(31)23-14-3-5-15(6-4-14)34(32,33)28-18-8-7-17(22)24-25-18/h3-10H,11H2,1-2H3,(H,23,31)(H,25,28). The summed E-state index contributed by atoms with van der Waals surface area (Å²) in [6, 6.07) is 10.1. The van der Waals surface area contributed by atoms with Gasteiger partial charge in [-0.05, 0) is 72.2 Å². The third-order valence-corrected chi connectivity index (χ3v) is 7.46. The van der Waals surface area contributed by atoms with Crippen molar-refractivity contribution in [1.29, 1.82) is 0 Å². The topological polar surface area (TPSA) is 137 Å². The van der Waals surface area contributed by atoms with Gasteiger partial charge in [0.1, 0.15) is 6.67 Å². The second kappa shape index (κ2) is 9.52. The van der Waals surface area contributed by atoms with Gasteiger partial charge < -0.3 is 5.32 Å². The molecule has 0 unspecified atom stereocenters. The summed E-state index contributed by atoms with van der Waals surface area (Å²) in [5, 5.41) is 18.8. The van der Waals surface area contributed by atoms with Crippen LogP contribution in [0.25, 0.3) is 0 Å². The molecule has 4 rings (SSSR count). The van der Waals surface area contributed by atoms with E-state index >= 15 is 0 Å². The van der Waals surface area contributed by atoms with Gasteiger partial charge in [0.05, 0.1) is 20.8 Å². The van der Waals surface area contributed by atoms with Crippen molar-refractivity contribution in [3.8, 4) is 0 Å². The molecule has 0 saturated heterocycles. The number of hydrogen-bond acceptors (Lipinski definition) is 7. The predicted molar refractivity (Wildman–Crippen MR) is 129 cm³/mol. The van der Waals surface area contributed by atoms with Crippen molar-refractivity contribution in [2.75, 3.05) is 10.0 Å². The molecule has 0 atom stereocenters. The molecule has 0 aliphatic carbocycles. The summed E-state index contributed by atoms with van der Waals surface area (Å²) < 4.78 is 31.7. The van der Waals surface area contributed by atoms with Crippen molar-refractivity contribution in [2.24, 2.45) is 0 Å². The van der Waals surface area contributed by atoms with Crippen LogP contribution in [0.4, 0.5) is 11.5 Å². The van der Waals surface area contributed by atoms with Gasteiger partial charge in [0.25, 0.3) is 15.9 Å². The maximum atomic E-state index is 12.6. The number of carbonyl (C=O) groups excluding carboxylic acids is 1. The zero-order chi connectivity index (χ0) is 24.5. The van der Waals surface area contributed by atoms with Crippen LogP contribution in [0.2, 0.25) is 5.15 Å². The number of halogens is 2. The van der Waals surface area contributed by atoms with Crippen LogP contribution in [-0.2, 0) is 16.7 Å². The average molecular weight is 566 g/mol. The Morgan fingerprint density at radius 3 is 2.41 bits per heavy atom. The van der Waals surface area contributed by atoms with Gasteiger partial charge in [-0.3, -0.25) is 14.2 Å². The van der Waals surface area contributed by atoms with E-state index in [2.05, 4.69) is 46.4 Å². The van der Waals surface area contributed by atoms with Crippen LogP contribution < -0.4 is 10.0 Å². The van der Waals surface area contributed by atoms with E-state index in [0.29, 0.717) is 12.4 Å². The van der Waals surface area contributed by atoms with E-state index in [4.69, 9.17) is 11.6 Å². The Bertz CT molecular complexity index is 1450. The van der Waals surface area contributed by atoms with E-state index in [0.717, 1.165) is 15.9 Å². The van der Waals surface area contributed by atoms with Crippen LogP contribution in [0.3, 0.4) is 0 Å². The number of nitrogens with zero attached hydrogens (tertiary/aromatic N) is 6. The smallest absolute Gasteiger partial charge is 0.276 e. The van der Waals surface area contributed by atoms with Crippen molar-refractivity contribution in [3.05, 3.63) is 75.4 Å². The number of nitrogens with one attached hydrogen (secondary N) is 2. The maximum Gasteiger partial charge on any atom is 0.276 e. The van der Waals surface area contributed by atoms with E-state index in [1.165, 1.54) is 36.4 Å². The Labute approximate surface area is 208 Å². The molecule has 3 aromatic heterocycles. The number of aromatic nitrogens is 6. The lowest BCUT2D eigenvalue weighted by atomic mass is 10.3. The van der Waals surface area contributed by atoms with Gasteiger partial charge in [-0.25, -0.2) is 13.1 Å². The minimum Gasteiger partial charge on any atom is -0.321 e. The second-order valence-corrected chi connectivity index (χ2v) is 10.1. The highest BCUT2D eigenvalue weighted by atomic mass is 79.9. The second-order valence-electron chi connectivity index (χ2n) is 7.19. The Morgan fingerprint density at radius 2 is 1.79 bits per heavy atom. The number of benzene rings is 1. The normalized spacial score (nSPS) is 11.4. The van der Waals surface area contributed by atoms with Crippen molar-refractivity contribution < 1.29 is 13.2 Å². The molecule has 4 aromatic rings. The van der Waals surface area contributed by atoms with Gasteiger partial charge in [0.15, 0.2) is 16.7 Å². The molecule has 3 heterocycles. The Kier molecular flexibility index (Phi) is 6.68. The van der Waals surface area contributed by atoms with Crippen LogP contribution in [-0.4, -0.2) is 44.1 Å². The Morgan fingerprint density at radius 1 is 1.06 bits per heavy atom. The summed E-state index contributed by atoms with van der Waals surface area (Å²) in [5.41, 5.74) is 2.43. The number of carbonyl (C=O) groups is 1. The third kappa shape index (κ3) is 5.26. The third-order valence-electron chi connectivity index (χ3n) is 4.74. The molecule has 0 aliphatic heterocycles. The number of rotatable bonds is 7. The first-order chi connectivity index (χ1) is 16.1. The molecule has 14 heteroatoms. The molecule has 0 bridgehead atoms. The van der Waals surface area contributed by atoms with E-state index in [1.807, 2.05) is 13.8 Å². The molecule has 0 radical (unpaired) electrons. The number of amides is 1. The molecule has 1 amide bonds. The van der Waals surface area contributed by atoms with Crippen molar-refractivity contribution >= 4 is 55.0 Å². The average Bonchev–Trinajstić information content (AvgIpc) is 3.36. The molecule has 0 fully saturated rings. The quantitative estimate of drug-likeness (QED) is 0.350. The van der Waals surface area contributed by atoms with Gasteiger partial charge in [-0.15, -0.1) is 10.2 Å². The molecule has 1 aromatic carbocycles. The van der Waals surface area contributed by atoms with Crippen molar-refractivity contribution in [2.45, 2.75) is 25.4 Å². The Balaban J connectivity index is 1.41. The largest absolute Gasteiger partial charge is 0.321 e. The molecule has 0 aliphatic rings. The summed E-state index contributed by atoms with van der Waals surface area (Å²) in [7, 11) is -3.89. The first-order valence-electron chi connectivity index (χ1n) is 9.79. The van der Waals surface area contributed by atoms with E-state index in [1.54, 1.807) is 21.6 Å². The number of sulfonamides is 1. The lowest BCUT2D eigenvalue weighted by molar-refractivity contribution is 0.102. The highest BCUT2D eigenvalue weighted by Gasteiger charge is 2.16. The molecule has 2 N–H and O–H groups in total. The first kappa shape index (κ1) is 23.9. The summed E-state index contributed by atoms with van der Waals surface area (Å²) in [6.07, 6.45) is 1.68. The van der Waals surface area contributed by atoms with Crippen LogP contribution >= 0.6 is 27.5 Å². The minimum absolute atomic E-state index is 0.0115. The highest BCUT2D eigenvalue weighted by molar-refractivity contribution is 9.10. The van der Waals surface area contributed by atoms with E-state index in [9.17, 15) is 13.2 Å². The van der Waals surface area contributed by atoms with Gasteiger partial charge in [-0.2, -0.15) is 10.2 Å². The molecule has 0 saturated carbocycles. The fourth-order valence-corrected chi connectivity index (χ4v) is 4.37. The van der Waals surface area contributed by atoms with Crippen LogP contribution in [0.1, 0.15) is 21.9 Å². The van der Waals surface area contributed by atoms with Gasteiger partial charge in [0, 0.05) is 11.9 Å². The summed E-state index contributed by atoms with van der Waals surface area (Å²) >= 11 is 9.14. The summed E-state index contributed by atoms with van der Waals surface area (Å²) in [5.74, 6) is -0.399. The van der Waals surface area contributed by atoms with Crippen LogP contribution in [0.15, 0.2) is 58.0 Å². The number of aryl methyl sites for hydroxylation is 1. The SMILES string of the molecule is Cc1nn(Cn2ccc(C(=O)Nc3ccc(S(=O)(=O)Nc4ccc(Cl)nn4)cc3)n2)c(C)c1Br. The first-order valence-corrected chi connectivity index (χ1v) is 12.4. The number of hydrogen-bond donors (Lipinski definition) is 2. The van der Waals surface area contributed by atoms with E-state index < -0.39 is 15.9 Å². The minimum atomic E-state index is -3.89. The molecule has 176 valence electrons. The molecule has 0 spiro atoms. The fraction of sp³-hybridized carbons (Fsp3) is 0.150. The lowest BCUT2D eigenvalue weighted by Crippen LogP contribution is -2.16. The van der Waals surface area contributed by atoms with Crippen LogP contribution in [0, 0.1) is 13.8 Å².